The van der Waals surface area contributed by atoms with E-state index in [4.69, 9.17) is 0 Å². The summed E-state index contributed by atoms with van der Waals surface area (Å²) in [7, 11) is 2.34. The number of thioether (sulfide) groups is 1. The van der Waals surface area contributed by atoms with Crippen LogP contribution in [0, 0.1) is 10.1 Å². The lowest BCUT2D eigenvalue weighted by Gasteiger charge is -2.11. The summed E-state index contributed by atoms with van der Waals surface area (Å²) in [6.07, 6.45) is 2.73. The maximum absolute atomic E-state index is 11.9. The summed E-state index contributed by atoms with van der Waals surface area (Å²) >= 11 is 1.47. The topological polar surface area (TPSA) is 108 Å². The van der Waals surface area contributed by atoms with Gasteiger partial charge in [0.2, 0.25) is 0 Å². The van der Waals surface area contributed by atoms with Crippen LogP contribution in [0.15, 0.2) is 65.2 Å². The van der Waals surface area contributed by atoms with Crippen molar-refractivity contribution in [3.63, 3.8) is 0 Å². The summed E-state index contributed by atoms with van der Waals surface area (Å²) in [5, 5.41) is 14.0. The SMILES string of the molecule is COC(=O)/C=C(/Nc1cc(SCCCc2ccccc2)cc([N+](=O)[O-])c1)C(=O)OC. The minimum atomic E-state index is -0.802. The first-order chi connectivity index (χ1) is 14.4. The standard InChI is InChI=1S/C21H22N2O6S/c1-28-20(24)14-19(21(25)29-2)22-16-11-17(23(26)27)13-18(12-16)30-10-6-9-15-7-4-3-5-8-15/h3-5,7-8,11-14,22H,6,9-10H2,1-2H3/b19-14+. The third-order valence-corrected chi connectivity index (χ3v) is 5.03. The maximum Gasteiger partial charge on any atom is 0.354 e. The monoisotopic (exact) mass is 430 g/mol. The van der Waals surface area contributed by atoms with E-state index in [0.29, 0.717) is 4.90 Å². The van der Waals surface area contributed by atoms with Gasteiger partial charge in [-0.15, -0.1) is 11.8 Å². The van der Waals surface area contributed by atoms with Gasteiger partial charge in [0.1, 0.15) is 5.70 Å². The second kappa shape index (κ2) is 11.6. The number of carbonyl (C=O) groups excluding carboxylic acids is 2. The second-order valence-electron chi connectivity index (χ2n) is 6.11. The van der Waals surface area contributed by atoms with E-state index in [1.165, 1.54) is 36.6 Å². The number of non-ortho nitro benzene ring substituents is 1. The fourth-order valence-corrected chi connectivity index (χ4v) is 3.48. The van der Waals surface area contributed by atoms with Crippen molar-refractivity contribution in [3.05, 3.63) is 76.0 Å². The van der Waals surface area contributed by atoms with Crippen molar-refractivity contribution >= 4 is 35.1 Å². The highest BCUT2D eigenvalue weighted by Crippen LogP contribution is 2.29. The highest BCUT2D eigenvalue weighted by Gasteiger charge is 2.16. The number of nitro benzene ring substituents is 1. The molecule has 0 unspecified atom stereocenters. The van der Waals surface area contributed by atoms with Crippen molar-refractivity contribution in [1.82, 2.24) is 0 Å². The fraction of sp³-hybridized carbons (Fsp3) is 0.238. The molecule has 2 aromatic rings. The zero-order chi connectivity index (χ0) is 21.9. The molecule has 0 saturated carbocycles. The molecule has 158 valence electrons. The van der Waals surface area contributed by atoms with E-state index in [1.807, 2.05) is 18.2 Å². The van der Waals surface area contributed by atoms with Crippen LogP contribution in [0.4, 0.5) is 11.4 Å². The summed E-state index contributed by atoms with van der Waals surface area (Å²) in [5.74, 6) is -0.801. The molecule has 9 heteroatoms. The van der Waals surface area contributed by atoms with Gasteiger partial charge in [-0.1, -0.05) is 30.3 Å². The average molecular weight is 430 g/mol. The highest BCUT2D eigenvalue weighted by atomic mass is 32.2. The molecule has 0 fully saturated rings. The average Bonchev–Trinajstić information content (AvgIpc) is 2.76. The van der Waals surface area contributed by atoms with Gasteiger partial charge in [-0.05, 0) is 30.2 Å². The van der Waals surface area contributed by atoms with E-state index in [0.717, 1.165) is 31.8 Å². The zero-order valence-corrected chi connectivity index (χ0v) is 17.4. The Hall–Kier alpha value is -3.33. The van der Waals surface area contributed by atoms with E-state index in [9.17, 15) is 19.7 Å². The number of ether oxygens (including phenoxy) is 2. The second-order valence-corrected chi connectivity index (χ2v) is 7.28. The number of nitrogens with zero attached hydrogens (tertiary/aromatic N) is 1. The van der Waals surface area contributed by atoms with E-state index >= 15 is 0 Å². The molecule has 8 nitrogen and oxygen atoms in total. The molecule has 0 aliphatic heterocycles. The molecule has 0 aromatic heterocycles. The number of aryl methyl sites for hydroxylation is 1. The van der Waals surface area contributed by atoms with E-state index in [1.54, 1.807) is 6.07 Å². The molecule has 0 atom stereocenters. The summed E-state index contributed by atoms with van der Waals surface area (Å²) in [6.45, 7) is 0. The Balaban J connectivity index is 2.14. The molecule has 0 spiro atoms. The van der Waals surface area contributed by atoms with Crippen molar-refractivity contribution in [2.75, 3.05) is 25.3 Å². The van der Waals surface area contributed by atoms with Crippen LogP contribution in [0.2, 0.25) is 0 Å². The number of hydrogen-bond donors (Lipinski definition) is 1. The lowest BCUT2D eigenvalue weighted by atomic mass is 10.1. The van der Waals surface area contributed by atoms with Crippen LogP contribution in [0.1, 0.15) is 12.0 Å². The number of hydrogen-bond acceptors (Lipinski definition) is 8. The number of nitro groups is 1. The number of rotatable bonds is 10. The first kappa shape index (κ1) is 23.0. The number of esters is 2. The molecule has 0 radical (unpaired) electrons. The largest absolute Gasteiger partial charge is 0.466 e. The third-order valence-electron chi connectivity index (χ3n) is 3.97. The van der Waals surface area contributed by atoms with Crippen molar-refractivity contribution in [3.8, 4) is 0 Å². The Kier molecular flexibility index (Phi) is 8.89. The first-order valence-electron chi connectivity index (χ1n) is 9.04. The molecule has 0 aliphatic rings. The molecule has 0 heterocycles. The van der Waals surface area contributed by atoms with Crippen molar-refractivity contribution in [1.29, 1.82) is 0 Å². The zero-order valence-electron chi connectivity index (χ0n) is 16.6. The van der Waals surface area contributed by atoms with E-state index < -0.39 is 16.9 Å². The van der Waals surface area contributed by atoms with Crippen molar-refractivity contribution in [2.24, 2.45) is 0 Å². The van der Waals surface area contributed by atoms with Crippen LogP contribution in [0.25, 0.3) is 0 Å². The quantitative estimate of drug-likeness (QED) is 0.151. The van der Waals surface area contributed by atoms with Crippen molar-refractivity contribution in [2.45, 2.75) is 17.7 Å². The van der Waals surface area contributed by atoms with E-state index in [2.05, 4.69) is 26.9 Å². The molecule has 0 aliphatic carbocycles. The summed E-state index contributed by atoms with van der Waals surface area (Å²) in [4.78, 5) is 34.9. The van der Waals surface area contributed by atoms with Gasteiger partial charge >= 0.3 is 11.9 Å². The molecule has 0 saturated heterocycles. The van der Waals surface area contributed by atoms with Crippen LogP contribution < -0.4 is 5.32 Å². The Morgan fingerprint density at radius 2 is 1.87 bits per heavy atom. The van der Waals surface area contributed by atoms with Crippen LogP contribution in [0.5, 0.6) is 0 Å². The minimum Gasteiger partial charge on any atom is -0.466 e. The van der Waals surface area contributed by atoms with Crippen LogP contribution in [-0.2, 0) is 25.5 Å². The minimum absolute atomic E-state index is 0.132. The summed E-state index contributed by atoms with van der Waals surface area (Å²) in [5.41, 5.74) is 1.20. The predicted octanol–water partition coefficient (Wildman–Crippen LogP) is 3.96. The number of nitrogens with one attached hydrogen (secondary N) is 1. The van der Waals surface area contributed by atoms with Gasteiger partial charge < -0.3 is 14.8 Å². The van der Waals surface area contributed by atoms with Crippen LogP contribution in [-0.4, -0.2) is 36.8 Å². The number of carbonyl (C=O) groups is 2. The smallest absolute Gasteiger partial charge is 0.354 e. The summed E-state index contributed by atoms with van der Waals surface area (Å²) < 4.78 is 9.17. The van der Waals surface area contributed by atoms with Crippen LogP contribution in [0.3, 0.4) is 0 Å². The van der Waals surface area contributed by atoms with Gasteiger partial charge in [0, 0.05) is 22.7 Å². The molecule has 0 bridgehead atoms. The van der Waals surface area contributed by atoms with E-state index in [-0.39, 0.29) is 17.1 Å². The highest BCUT2D eigenvalue weighted by molar-refractivity contribution is 7.99. The Morgan fingerprint density at radius 1 is 1.13 bits per heavy atom. The molecule has 1 N–H and O–H groups in total. The fourth-order valence-electron chi connectivity index (χ4n) is 2.54. The normalized spacial score (nSPS) is 10.9. The Bertz CT molecular complexity index is 930. The van der Waals surface area contributed by atoms with Gasteiger partial charge in [-0.3, -0.25) is 10.1 Å². The van der Waals surface area contributed by atoms with Crippen molar-refractivity contribution < 1.29 is 24.0 Å². The van der Waals surface area contributed by atoms with Gasteiger partial charge in [0.25, 0.3) is 5.69 Å². The third kappa shape index (κ3) is 7.25. The first-order valence-corrected chi connectivity index (χ1v) is 10.0. The lowest BCUT2D eigenvalue weighted by molar-refractivity contribution is -0.385. The number of methoxy groups -OCH3 is 2. The molecule has 30 heavy (non-hydrogen) atoms. The molecule has 2 aromatic carbocycles. The Morgan fingerprint density at radius 3 is 2.50 bits per heavy atom. The molecule has 0 amide bonds. The number of anilines is 1. The van der Waals surface area contributed by atoms with Gasteiger partial charge in [0.05, 0.1) is 25.2 Å². The van der Waals surface area contributed by atoms with Crippen LogP contribution >= 0.6 is 11.8 Å². The molecular formula is C21H22N2O6S. The van der Waals surface area contributed by atoms with Gasteiger partial charge in [-0.25, -0.2) is 9.59 Å². The van der Waals surface area contributed by atoms with Gasteiger partial charge in [-0.2, -0.15) is 0 Å². The summed E-state index contributed by atoms with van der Waals surface area (Å²) in [6, 6.07) is 14.5. The number of benzene rings is 2. The lowest BCUT2D eigenvalue weighted by Crippen LogP contribution is -2.15. The van der Waals surface area contributed by atoms with Gasteiger partial charge in [0.15, 0.2) is 0 Å². The molecule has 2 rings (SSSR count). The molecular weight excluding hydrogens is 408 g/mol. The predicted molar refractivity (Wildman–Crippen MR) is 114 cm³/mol. The Labute approximate surface area is 178 Å². The maximum atomic E-state index is 11.9.